The van der Waals surface area contributed by atoms with Gasteiger partial charge < -0.3 is 11.1 Å². The van der Waals surface area contributed by atoms with Crippen molar-refractivity contribution < 1.29 is 4.79 Å². The van der Waals surface area contributed by atoms with E-state index in [2.05, 4.69) is 37.8 Å². The Labute approximate surface area is 163 Å². The summed E-state index contributed by atoms with van der Waals surface area (Å²) >= 11 is 12.1. The molecule has 7 heteroatoms. The highest BCUT2D eigenvalue weighted by molar-refractivity contribution is 6.36. The standard InChI is InChI=1S/C19H22Cl2N4O/c1-5-14(20)18(15(21)10-22)23-19(26)12-7-8-13-16(6-2)24-25(11(3)4)17(13)9-12/h5,7-11H,1,6,22H2,2-4H3,(H,23,26)/b15-10+,18-14-. The van der Waals surface area contributed by atoms with Crippen LogP contribution in [0.4, 0.5) is 0 Å². The summed E-state index contributed by atoms with van der Waals surface area (Å²) < 4.78 is 1.92. The van der Waals surface area contributed by atoms with Crippen LogP contribution in [0.2, 0.25) is 0 Å². The molecule has 0 fully saturated rings. The van der Waals surface area contributed by atoms with Gasteiger partial charge in [0.25, 0.3) is 5.91 Å². The number of hydrogen-bond donors (Lipinski definition) is 2. The molecule has 5 nitrogen and oxygen atoms in total. The monoisotopic (exact) mass is 392 g/mol. The van der Waals surface area contributed by atoms with Gasteiger partial charge in [-0.1, -0.05) is 42.8 Å². The smallest absolute Gasteiger partial charge is 0.255 e. The lowest BCUT2D eigenvalue weighted by molar-refractivity contribution is 0.0967. The maximum atomic E-state index is 12.7. The second-order valence-corrected chi connectivity index (χ2v) is 6.78. The van der Waals surface area contributed by atoms with Gasteiger partial charge in [0.15, 0.2) is 0 Å². The number of aromatic nitrogens is 2. The summed E-state index contributed by atoms with van der Waals surface area (Å²) in [5.74, 6) is -0.351. The highest BCUT2D eigenvalue weighted by atomic mass is 35.5. The predicted molar refractivity (Wildman–Crippen MR) is 108 cm³/mol. The van der Waals surface area contributed by atoms with Gasteiger partial charge in [0.2, 0.25) is 0 Å². The number of carbonyl (C=O) groups is 1. The first-order valence-electron chi connectivity index (χ1n) is 8.26. The lowest BCUT2D eigenvalue weighted by Crippen LogP contribution is -2.24. The van der Waals surface area contributed by atoms with Gasteiger partial charge in [-0.15, -0.1) is 0 Å². The van der Waals surface area contributed by atoms with E-state index < -0.39 is 0 Å². The molecule has 0 aliphatic carbocycles. The van der Waals surface area contributed by atoms with E-state index in [1.54, 1.807) is 6.07 Å². The maximum Gasteiger partial charge on any atom is 0.255 e. The van der Waals surface area contributed by atoms with Crippen molar-refractivity contribution in [2.45, 2.75) is 33.2 Å². The molecule has 1 aromatic heterocycles. The number of carbonyl (C=O) groups excluding carboxylic acids is 1. The Morgan fingerprint density at radius 1 is 1.42 bits per heavy atom. The summed E-state index contributed by atoms with van der Waals surface area (Å²) in [7, 11) is 0. The highest BCUT2D eigenvalue weighted by Gasteiger charge is 2.17. The average molecular weight is 393 g/mol. The van der Waals surface area contributed by atoms with Gasteiger partial charge in [-0.25, -0.2) is 0 Å². The molecular formula is C19H22Cl2N4O. The highest BCUT2D eigenvalue weighted by Crippen LogP contribution is 2.25. The third-order valence-electron chi connectivity index (χ3n) is 3.91. The Hall–Kier alpha value is -2.24. The van der Waals surface area contributed by atoms with Crippen LogP contribution in [0.15, 0.2) is 52.8 Å². The molecule has 0 aliphatic heterocycles. The molecule has 0 bridgehead atoms. The van der Waals surface area contributed by atoms with Gasteiger partial charge >= 0.3 is 0 Å². The van der Waals surface area contributed by atoms with Crippen molar-refractivity contribution >= 4 is 40.0 Å². The van der Waals surface area contributed by atoms with Crippen LogP contribution in [-0.4, -0.2) is 15.7 Å². The first-order chi connectivity index (χ1) is 12.3. The molecule has 1 amide bonds. The lowest BCUT2D eigenvalue weighted by atomic mass is 10.1. The molecule has 0 unspecified atom stereocenters. The Morgan fingerprint density at radius 2 is 2.12 bits per heavy atom. The second kappa shape index (κ2) is 8.43. The van der Waals surface area contributed by atoms with Crippen LogP contribution in [0.1, 0.15) is 42.9 Å². The normalized spacial score (nSPS) is 13.1. The quantitative estimate of drug-likeness (QED) is 0.706. The molecule has 1 aromatic carbocycles. The van der Waals surface area contributed by atoms with E-state index in [1.165, 1.54) is 6.08 Å². The number of rotatable bonds is 6. The zero-order chi connectivity index (χ0) is 19.4. The van der Waals surface area contributed by atoms with E-state index in [4.69, 9.17) is 28.9 Å². The van der Waals surface area contributed by atoms with Crippen molar-refractivity contribution in [2.75, 3.05) is 0 Å². The molecule has 0 saturated carbocycles. The van der Waals surface area contributed by atoms with Crippen LogP contribution in [0.25, 0.3) is 10.9 Å². The number of aryl methyl sites for hydroxylation is 1. The van der Waals surface area contributed by atoms with Crippen LogP contribution < -0.4 is 11.1 Å². The van der Waals surface area contributed by atoms with Crippen molar-refractivity contribution in [2.24, 2.45) is 5.73 Å². The van der Waals surface area contributed by atoms with Crippen molar-refractivity contribution in [3.8, 4) is 0 Å². The first-order valence-corrected chi connectivity index (χ1v) is 9.02. The molecule has 3 N–H and O–H groups in total. The van der Waals surface area contributed by atoms with Crippen LogP contribution in [0, 0.1) is 0 Å². The fourth-order valence-corrected chi connectivity index (χ4v) is 2.95. The molecule has 26 heavy (non-hydrogen) atoms. The van der Waals surface area contributed by atoms with Crippen molar-refractivity contribution in [3.63, 3.8) is 0 Å². The average Bonchev–Trinajstić information content (AvgIpc) is 3.02. The molecule has 0 atom stereocenters. The third kappa shape index (κ3) is 3.94. The number of allylic oxidation sites excluding steroid dienone is 3. The van der Waals surface area contributed by atoms with E-state index >= 15 is 0 Å². The molecular weight excluding hydrogens is 371 g/mol. The Morgan fingerprint density at radius 3 is 2.65 bits per heavy atom. The van der Waals surface area contributed by atoms with Crippen molar-refractivity contribution in [1.82, 2.24) is 15.1 Å². The van der Waals surface area contributed by atoms with E-state index in [0.29, 0.717) is 5.56 Å². The van der Waals surface area contributed by atoms with Crippen LogP contribution in [-0.2, 0) is 6.42 Å². The number of benzene rings is 1. The fraction of sp³-hybridized carbons (Fsp3) is 0.263. The fourth-order valence-electron chi connectivity index (χ4n) is 2.60. The summed E-state index contributed by atoms with van der Waals surface area (Å²) in [4.78, 5) is 12.7. The zero-order valence-corrected chi connectivity index (χ0v) is 16.5. The van der Waals surface area contributed by atoms with Crippen LogP contribution in [0.5, 0.6) is 0 Å². The molecule has 0 radical (unpaired) electrons. The van der Waals surface area contributed by atoms with Crippen molar-refractivity contribution in [1.29, 1.82) is 0 Å². The van der Waals surface area contributed by atoms with Gasteiger partial charge in [0, 0.05) is 23.2 Å². The van der Waals surface area contributed by atoms with Gasteiger partial charge in [-0.2, -0.15) is 5.10 Å². The summed E-state index contributed by atoms with van der Waals surface area (Å²) in [5.41, 5.74) is 8.03. The number of amides is 1. The summed E-state index contributed by atoms with van der Waals surface area (Å²) in [5, 5.41) is 8.71. The van der Waals surface area contributed by atoms with Gasteiger partial charge in [0.1, 0.15) is 0 Å². The number of halogens is 2. The van der Waals surface area contributed by atoms with Crippen LogP contribution in [0.3, 0.4) is 0 Å². The number of nitrogens with one attached hydrogen (secondary N) is 1. The molecule has 138 valence electrons. The largest absolute Gasteiger partial charge is 0.403 e. The first kappa shape index (κ1) is 20.1. The zero-order valence-electron chi connectivity index (χ0n) is 15.0. The topological polar surface area (TPSA) is 72.9 Å². The Balaban J connectivity index is 2.48. The summed E-state index contributed by atoms with van der Waals surface area (Å²) in [6, 6.07) is 5.66. The minimum absolute atomic E-state index is 0.129. The molecule has 2 rings (SSSR count). The van der Waals surface area contributed by atoms with E-state index in [-0.39, 0.29) is 27.7 Å². The summed E-state index contributed by atoms with van der Waals surface area (Å²) in [6.45, 7) is 9.74. The number of nitrogens with zero attached hydrogens (tertiary/aromatic N) is 2. The van der Waals surface area contributed by atoms with Crippen LogP contribution >= 0.6 is 23.2 Å². The maximum absolute atomic E-state index is 12.7. The van der Waals surface area contributed by atoms with Gasteiger partial charge in [0.05, 0.1) is 27.0 Å². The molecule has 0 spiro atoms. The number of hydrogen-bond acceptors (Lipinski definition) is 3. The second-order valence-electron chi connectivity index (χ2n) is 5.97. The Bertz CT molecular complexity index is 910. The van der Waals surface area contributed by atoms with E-state index in [1.807, 2.05) is 16.8 Å². The molecule has 0 aliphatic rings. The molecule has 2 aromatic rings. The van der Waals surface area contributed by atoms with Gasteiger partial charge in [-0.3, -0.25) is 9.48 Å². The van der Waals surface area contributed by atoms with Gasteiger partial charge in [-0.05, 0) is 38.5 Å². The molecule has 0 saturated heterocycles. The molecule has 1 heterocycles. The SMILES string of the molecule is C=C/C(Cl)=C(NC(=O)c1ccc2c(CC)nn(C(C)C)c2c1)\C(Cl)=C/N. The predicted octanol–water partition coefficient (Wildman–Crippen LogP) is 4.58. The minimum Gasteiger partial charge on any atom is -0.403 e. The third-order valence-corrected chi connectivity index (χ3v) is 4.57. The summed E-state index contributed by atoms with van der Waals surface area (Å²) in [6.07, 6.45) is 3.36. The van der Waals surface area contributed by atoms with E-state index in [9.17, 15) is 4.79 Å². The Kier molecular flexibility index (Phi) is 6.51. The van der Waals surface area contributed by atoms with E-state index in [0.717, 1.165) is 29.2 Å². The van der Waals surface area contributed by atoms with Crippen molar-refractivity contribution in [3.05, 3.63) is 64.1 Å². The lowest BCUT2D eigenvalue weighted by Gasteiger charge is -2.11. The minimum atomic E-state index is -0.351. The number of nitrogens with two attached hydrogens (primary N) is 1. The number of fused-ring (bicyclic) bond motifs is 1.